The molecule has 2 fully saturated rings. The Morgan fingerprint density at radius 2 is 1.69 bits per heavy atom. The molecule has 0 N–H and O–H groups in total. The van der Waals surface area contributed by atoms with Gasteiger partial charge in [-0.1, -0.05) is 49.5 Å². The van der Waals surface area contributed by atoms with Crippen LogP contribution in [0.1, 0.15) is 86.2 Å². The van der Waals surface area contributed by atoms with Gasteiger partial charge in [-0.25, -0.2) is 0 Å². The molecule has 2 aromatic rings. The molecule has 3 aliphatic rings. The molecule has 1 aliphatic heterocycles. The summed E-state index contributed by atoms with van der Waals surface area (Å²) in [6.45, 7) is 6.51. The van der Waals surface area contributed by atoms with Crippen molar-refractivity contribution in [3.63, 3.8) is 0 Å². The van der Waals surface area contributed by atoms with Gasteiger partial charge in [0.15, 0.2) is 5.78 Å². The maximum atomic E-state index is 14.3. The monoisotopic (exact) mass is 487 g/mol. The summed E-state index contributed by atoms with van der Waals surface area (Å²) in [6, 6.07) is 14.2. The summed E-state index contributed by atoms with van der Waals surface area (Å²) >= 11 is 0. The van der Waals surface area contributed by atoms with Crippen LogP contribution in [-0.4, -0.2) is 43.5 Å². The Hall–Kier alpha value is -2.59. The number of hydrogen-bond donors (Lipinski definition) is 0. The number of allylic oxidation sites excluding steroid dienone is 2. The van der Waals surface area contributed by atoms with Crippen molar-refractivity contribution in [3.8, 4) is 11.5 Å². The van der Waals surface area contributed by atoms with E-state index in [9.17, 15) is 4.79 Å². The second-order valence-corrected chi connectivity index (χ2v) is 10.6. The molecule has 192 valence electrons. The zero-order valence-corrected chi connectivity index (χ0v) is 21.9. The number of para-hydroxylation sites is 1. The number of hydrogen-bond acceptors (Lipinski definition) is 4. The summed E-state index contributed by atoms with van der Waals surface area (Å²) in [5.41, 5.74) is 5.32. The van der Waals surface area contributed by atoms with Gasteiger partial charge < -0.3 is 9.47 Å². The van der Waals surface area contributed by atoms with Crippen LogP contribution in [0.4, 0.5) is 0 Å². The second-order valence-electron chi connectivity index (χ2n) is 10.6. The molecule has 2 aliphatic carbocycles. The Labute approximate surface area is 216 Å². The molecule has 4 heteroatoms. The molecule has 1 saturated heterocycles. The van der Waals surface area contributed by atoms with Crippen molar-refractivity contribution in [2.75, 3.05) is 32.8 Å². The number of aryl methyl sites for hydroxylation is 1. The number of rotatable bonds is 9. The van der Waals surface area contributed by atoms with Gasteiger partial charge in [0.2, 0.25) is 0 Å². The molecule has 4 nitrogen and oxygen atoms in total. The average Bonchev–Trinajstić information content (AvgIpc) is 2.93. The molecule has 2 aromatic carbocycles. The van der Waals surface area contributed by atoms with Crippen molar-refractivity contribution in [1.82, 2.24) is 4.90 Å². The molecular formula is C32H41NO3. The standard InChI is InChI=1S/C32H41NO3/c1-2-35-26-16-18-28-25(23-26)15-17-27(24-11-5-3-6-12-24)31(28)32(34)29-13-7-8-14-30(29)36-22-21-33-19-9-4-10-20-33/h7-8,13-14,16,18,23-24H,2-6,9-12,15,17,19-22H2,1H3. The largest absolute Gasteiger partial charge is 0.494 e. The summed E-state index contributed by atoms with van der Waals surface area (Å²) in [5.74, 6) is 2.25. The summed E-state index contributed by atoms with van der Waals surface area (Å²) in [7, 11) is 0. The number of carbonyl (C=O) groups excluding carboxylic acids is 1. The Morgan fingerprint density at radius 3 is 2.50 bits per heavy atom. The number of ketones is 1. The van der Waals surface area contributed by atoms with E-state index >= 15 is 0 Å². The molecule has 0 unspecified atom stereocenters. The Kier molecular flexibility index (Phi) is 8.43. The van der Waals surface area contributed by atoms with Gasteiger partial charge in [-0.15, -0.1) is 0 Å². The lowest BCUT2D eigenvalue weighted by Gasteiger charge is -2.31. The van der Waals surface area contributed by atoms with E-state index in [4.69, 9.17) is 9.47 Å². The zero-order valence-electron chi connectivity index (χ0n) is 21.9. The molecule has 0 bridgehead atoms. The van der Waals surface area contributed by atoms with E-state index in [2.05, 4.69) is 17.0 Å². The Balaban J connectivity index is 1.45. The van der Waals surface area contributed by atoms with Crippen LogP contribution < -0.4 is 9.47 Å². The maximum absolute atomic E-state index is 14.3. The molecule has 5 rings (SSSR count). The lowest BCUT2D eigenvalue weighted by Crippen LogP contribution is -2.33. The topological polar surface area (TPSA) is 38.8 Å². The number of likely N-dealkylation sites (tertiary alicyclic amines) is 1. The number of ether oxygens (including phenoxy) is 2. The lowest BCUT2D eigenvalue weighted by atomic mass is 9.73. The first-order valence-corrected chi connectivity index (χ1v) is 14.2. The summed E-state index contributed by atoms with van der Waals surface area (Å²) in [5, 5.41) is 0. The normalized spacial score (nSPS) is 19.1. The second kappa shape index (κ2) is 12.1. The van der Waals surface area contributed by atoms with E-state index in [1.54, 1.807) is 0 Å². The van der Waals surface area contributed by atoms with Gasteiger partial charge >= 0.3 is 0 Å². The van der Waals surface area contributed by atoms with Crippen LogP contribution in [0, 0.1) is 5.92 Å². The van der Waals surface area contributed by atoms with Crippen molar-refractivity contribution in [2.45, 2.75) is 71.1 Å². The fourth-order valence-corrected chi connectivity index (χ4v) is 6.35. The zero-order chi connectivity index (χ0) is 24.7. The summed E-state index contributed by atoms with van der Waals surface area (Å²) < 4.78 is 12.1. The van der Waals surface area contributed by atoms with E-state index in [-0.39, 0.29) is 5.78 Å². The van der Waals surface area contributed by atoms with Gasteiger partial charge in [-0.05, 0) is 99.8 Å². The number of nitrogens with zero attached hydrogens (tertiary/aromatic N) is 1. The van der Waals surface area contributed by atoms with Gasteiger partial charge in [0.05, 0.1) is 12.2 Å². The smallest absolute Gasteiger partial charge is 0.197 e. The minimum Gasteiger partial charge on any atom is -0.494 e. The van der Waals surface area contributed by atoms with E-state index in [0.29, 0.717) is 30.4 Å². The van der Waals surface area contributed by atoms with Crippen molar-refractivity contribution in [1.29, 1.82) is 0 Å². The predicted octanol–water partition coefficient (Wildman–Crippen LogP) is 7.11. The molecule has 0 radical (unpaired) electrons. The van der Waals surface area contributed by atoms with Gasteiger partial charge in [0, 0.05) is 12.1 Å². The average molecular weight is 488 g/mol. The van der Waals surface area contributed by atoms with Gasteiger partial charge in [-0.2, -0.15) is 0 Å². The molecular weight excluding hydrogens is 446 g/mol. The minimum absolute atomic E-state index is 0.120. The van der Waals surface area contributed by atoms with Crippen molar-refractivity contribution < 1.29 is 14.3 Å². The quantitative estimate of drug-likeness (QED) is 0.353. The van der Waals surface area contributed by atoms with Crippen LogP contribution in [0.15, 0.2) is 48.0 Å². The van der Waals surface area contributed by atoms with E-state index < -0.39 is 0 Å². The highest BCUT2D eigenvalue weighted by Crippen LogP contribution is 2.43. The molecule has 0 aromatic heterocycles. The van der Waals surface area contributed by atoms with E-state index in [1.807, 2.05) is 37.3 Å². The molecule has 0 atom stereocenters. The highest BCUT2D eigenvalue weighted by molar-refractivity contribution is 6.31. The number of carbonyl (C=O) groups is 1. The van der Waals surface area contributed by atoms with Crippen LogP contribution in [0.25, 0.3) is 5.57 Å². The third-order valence-corrected chi connectivity index (χ3v) is 8.21. The van der Waals surface area contributed by atoms with Crippen molar-refractivity contribution >= 4 is 11.4 Å². The van der Waals surface area contributed by atoms with Gasteiger partial charge in [0.1, 0.15) is 18.1 Å². The fraction of sp³-hybridized carbons (Fsp3) is 0.531. The van der Waals surface area contributed by atoms with Gasteiger partial charge in [-0.3, -0.25) is 9.69 Å². The first kappa shape index (κ1) is 25.1. The predicted molar refractivity (Wildman–Crippen MR) is 146 cm³/mol. The van der Waals surface area contributed by atoms with E-state index in [0.717, 1.165) is 49.4 Å². The Morgan fingerprint density at radius 1 is 0.917 bits per heavy atom. The third kappa shape index (κ3) is 5.70. The number of Topliss-reactive ketones (excluding diaryl/α,β-unsaturated/α-hetero) is 1. The van der Waals surface area contributed by atoms with Crippen LogP contribution in [0.3, 0.4) is 0 Å². The number of piperidine rings is 1. The first-order chi connectivity index (χ1) is 17.7. The van der Waals surface area contributed by atoms with Crippen LogP contribution >= 0.6 is 0 Å². The lowest BCUT2D eigenvalue weighted by molar-refractivity contribution is 0.104. The van der Waals surface area contributed by atoms with E-state index in [1.165, 1.54) is 62.5 Å². The first-order valence-electron chi connectivity index (χ1n) is 14.2. The van der Waals surface area contributed by atoms with Crippen LogP contribution in [0.2, 0.25) is 0 Å². The molecule has 1 heterocycles. The maximum Gasteiger partial charge on any atom is 0.197 e. The Bertz CT molecular complexity index is 1080. The molecule has 0 amide bonds. The molecule has 1 saturated carbocycles. The van der Waals surface area contributed by atoms with Crippen molar-refractivity contribution in [3.05, 3.63) is 64.7 Å². The summed E-state index contributed by atoms with van der Waals surface area (Å²) in [6.07, 6.45) is 12.1. The summed E-state index contributed by atoms with van der Waals surface area (Å²) in [4.78, 5) is 16.8. The molecule has 0 spiro atoms. The van der Waals surface area contributed by atoms with Crippen molar-refractivity contribution in [2.24, 2.45) is 5.92 Å². The SMILES string of the molecule is CCOc1ccc2c(c1)CCC(C1CCCCC1)=C2C(=O)c1ccccc1OCCN1CCCCC1. The fourth-order valence-electron chi connectivity index (χ4n) is 6.35. The third-order valence-electron chi connectivity index (χ3n) is 8.21. The number of fused-ring (bicyclic) bond motifs is 1. The highest BCUT2D eigenvalue weighted by Gasteiger charge is 2.31. The highest BCUT2D eigenvalue weighted by atomic mass is 16.5. The molecule has 36 heavy (non-hydrogen) atoms. The van der Waals surface area contributed by atoms with Crippen LogP contribution in [0.5, 0.6) is 11.5 Å². The van der Waals surface area contributed by atoms with Gasteiger partial charge in [0.25, 0.3) is 0 Å². The van der Waals surface area contributed by atoms with Crippen LogP contribution in [-0.2, 0) is 6.42 Å². The number of benzene rings is 2. The minimum atomic E-state index is 0.120.